The lowest BCUT2D eigenvalue weighted by Gasteiger charge is -2.32. The second-order valence-electron chi connectivity index (χ2n) is 8.07. The topological polar surface area (TPSA) is 89.9 Å². The Balaban J connectivity index is 0.00000341. The minimum absolute atomic E-state index is 0. The number of guanidine groups is 1. The molecule has 0 spiro atoms. The molecule has 10 heteroatoms. The van der Waals surface area contributed by atoms with Gasteiger partial charge in [0.25, 0.3) is 0 Å². The van der Waals surface area contributed by atoms with E-state index in [4.69, 9.17) is 0 Å². The summed E-state index contributed by atoms with van der Waals surface area (Å²) in [4.78, 5) is 11.3. The summed E-state index contributed by atoms with van der Waals surface area (Å²) in [5, 5.41) is 6.83. The van der Waals surface area contributed by atoms with Crippen LogP contribution in [0.2, 0.25) is 0 Å². The van der Waals surface area contributed by atoms with Crippen molar-refractivity contribution >= 4 is 45.8 Å². The van der Waals surface area contributed by atoms with E-state index in [9.17, 15) is 8.42 Å². The summed E-state index contributed by atoms with van der Waals surface area (Å²) in [7, 11) is -1.33. The molecule has 0 amide bonds. The predicted octanol–water partition coefficient (Wildman–Crippen LogP) is 2.56. The van der Waals surface area contributed by atoms with Gasteiger partial charge >= 0.3 is 0 Å². The zero-order valence-electron chi connectivity index (χ0n) is 18.7. The molecule has 2 aliphatic rings. The van der Waals surface area contributed by atoms with Crippen molar-refractivity contribution in [2.75, 3.05) is 43.9 Å². The van der Waals surface area contributed by atoms with Gasteiger partial charge in [0.05, 0.1) is 5.75 Å². The number of hydrogen-bond donors (Lipinski definition) is 2. The number of sulfonamides is 1. The Morgan fingerprint density at radius 2 is 1.84 bits per heavy atom. The molecule has 0 saturated carbocycles. The van der Waals surface area contributed by atoms with Gasteiger partial charge in [0, 0.05) is 52.0 Å². The molecule has 0 aromatic carbocycles. The molecule has 3 heterocycles. The summed E-state index contributed by atoms with van der Waals surface area (Å²) >= 11 is 0. The number of pyridine rings is 1. The van der Waals surface area contributed by atoms with Crippen molar-refractivity contribution in [1.29, 1.82) is 0 Å². The molecular weight excluding hydrogens is 527 g/mol. The molecule has 2 aliphatic heterocycles. The van der Waals surface area contributed by atoms with E-state index in [0.29, 0.717) is 19.6 Å². The number of halogens is 1. The van der Waals surface area contributed by atoms with E-state index >= 15 is 0 Å². The number of anilines is 1. The number of nitrogens with zero attached hydrogens (tertiary/aromatic N) is 4. The average molecular weight is 565 g/mol. The van der Waals surface area contributed by atoms with Crippen LogP contribution in [0.3, 0.4) is 0 Å². The molecule has 2 fully saturated rings. The summed E-state index contributed by atoms with van der Waals surface area (Å²) < 4.78 is 25.6. The Kier molecular flexibility index (Phi) is 10.8. The van der Waals surface area contributed by atoms with Gasteiger partial charge in [-0.3, -0.25) is 4.99 Å². The number of rotatable bonds is 6. The van der Waals surface area contributed by atoms with Gasteiger partial charge in [-0.2, -0.15) is 0 Å². The highest BCUT2D eigenvalue weighted by Gasteiger charge is 2.27. The second kappa shape index (κ2) is 12.8. The van der Waals surface area contributed by atoms with Crippen molar-refractivity contribution < 1.29 is 8.42 Å². The molecule has 0 atom stereocenters. The van der Waals surface area contributed by atoms with Crippen LogP contribution in [0.25, 0.3) is 0 Å². The molecule has 2 saturated heterocycles. The van der Waals surface area contributed by atoms with E-state index in [0.717, 1.165) is 37.7 Å². The van der Waals surface area contributed by atoms with Crippen molar-refractivity contribution in [2.24, 2.45) is 4.99 Å². The third kappa shape index (κ3) is 7.74. The van der Waals surface area contributed by atoms with Crippen LogP contribution in [-0.2, 0) is 16.6 Å². The van der Waals surface area contributed by atoms with E-state index < -0.39 is 10.0 Å². The SMILES string of the molecule is CCS(=O)(=O)N1CCC(NC(=NC)NCc2ccnc(N3CCCCCC3)c2)CC1.I. The Morgan fingerprint density at radius 3 is 2.45 bits per heavy atom. The fraction of sp³-hybridized carbons (Fsp3) is 0.714. The highest BCUT2D eigenvalue weighted by molar-refractivity contribution is 14.0. The zero-order valence-corrected chi connectivity index (χ0v) is 21.9. The van der Waals surface area contributed by atoms with Gasteiger partial charge in [0.2, 0.25) is 10.0 Å². The largest absolute Gasteiger partial charge is 0.357 e. The average Bonchev–Trinajstić information content (AvgIpc) is 3.07. The number of piperidine rings is 1. The van der Waals surface area contributed by atoms with E-state index in [1.54, 1.807) is 18.3 Å². The number of aliphatic imine (C=N–C) groups is 1. The molecule has 0 radical (unpaired) electrons. The van der Waals surface area contributed by atoms with Gasteiger partial charge in [-0.05, 0) is 50.3 Å². The Bertz CT molecular complexity index is 804. The van der Waals surface area contributed by atoms with E-state index in [-0.39, 0.29) is 35.8 Å². The molecular formula is C21H37IN6O2S. The molecule has 0 bridgehead atoms. The third-order valence-corrected chi connectivity index (χ3v) is 7.86. The van der Waals surface area contributed by atoms with E-state index in [1.165, 1.54) is 31.2 Å². The van der Waals surface area contributed by atoms with Gasteiger partial charge in [0.1, 0.15) is 5.82 Å². The van der Waals surface area contributed by atoms with Crippen LogP contribution in [0.5, 0.6) is 0 Å². The molecule has 31 heavy (non-hydrogen) atoms. The molecule has 0 aliphatic carbocycles. The zero-order chi connectivity index (χ0) is 21.4. The lowest BCUT2D eigenvalue weighted by Crippen LogP contribution is -2.49. The fourth-order valence-electron chi connectivity index (χ4n) is 4.08. The van der Waals surface area contributed by atoms with E-state index in [1.807, 2.05) is 12.3 Å². The molecule has 1 aromatic rings. The van der Waals surface area contributed by atoms with Crippen molar-refractivity contribution in [2.45, 2.75) is 58.0 Å². The molecule has 0 unspecified atom stereocenters. The normalized spacial score (nSPS) is 19.4. The van der Waals surface area contributed by atoms with Crippen LogP contribution >= 0.6 is 24.0 Å². The first-order valence-corrected chi connectivity index (χ1v) is 12.8. The van der Waals surface area contributed by atoms with Crippen molar-refractivity contribution in [3.63, 3.8) is 0 Å². The van der Waals surface area contributed by atoms with Crippen LogP contribution in [0, 0.1) is 0 Å². The summed E-state index contributed by atoms with van der Waals surface area (Å²) in [5.41, 5.74) is 1.18. The summed E-state index contributed by atoms with van der Waals surface area (Å²) in [6, 6.07) is 4.43. The van der Waals surface area contributed by atoms with Crippen LogP contribution in [-0.4, -0.2) is 68.7 Å². The smallest absolute Gasteiger partial charge is 0.213 e. The van der Waals surface area contributed by atoms with E-state index in [2.05, 4.69) is 31.6 Å². The molecule has 2 N–H and O–H groups in total. The quantitative estimate of drug-likeness (QED) is 0.314. The molecule has 3 rings (SSSR count). The van der Waals surface area contributed by atoms with Gasteiger partial charge in [-0.15, -0.1) is 24.0 Å². The first-order chi connectivity index (χ1) is 14.5. The minimum atomic E-state index is -3.09. The lowest BCUT2D eigenvalue weighted by atomic mass is 10.1. The lowest BCUT2D eigenvalue weighted by molar-refractivity contribution is 0.306. The van der Waals surface area contributed by atoms with Crippen LogP contribution in [0.1, 0.15) is 51.0 Å². The first-order valence-electron chi connectivity index (χ1n) is 11.2. The van der Waals surface area contributed by atoms with Crippen LogP contribution in [0.4, 0.5) is 5.82 Å². The maximum absolute atomic E-state index is 12.0. The Labute approximate surface area is 204 Å². The molecule has 176 valence electrons. The third-order valence-electron chi connectivity index (χ3n) is 5.98. The summed E-state index contributed by atoms with van der Waals surface area (Å²) in [6.45, 7) is 5.66. The summed E-state index contributed by atoms with van der Waals surface area (Å²) in [5.74, 6) is 1.98. The molecule has 8 nitrogen and oxygen atoms in total. The minimum Gasteiger partial charge on any atom is -0.357 e. The van der Waals surface area contributed by atoms with Crippen molar-refractivity contribution in [3.8, 4) is 0 Å². The standard InChI is InChI=1S/C21H36N6O2S.HI/c1-3-30(28,29)27-14-9-19(10-15-27)25-21(22-2)24-17-18-8-11-23-20(16-18)26-12-6-4-5-7-13-26;/h8,11,16,19H,3-7,9-10,12-15,17H2,1-2H3,(H2,22,24,25);1H. The Hall–Kier alpha value is -1.14. The number of hydrogen-bond acceptors (Lipinski definition) is 5. The highest BCUT2D eigenvalue weighted by atomic mass is 127. The van der Waals surface area contributed by atoms with Crippen LogP contribution < -0.4 is 15.5 Å². The van der Waals surface area contributed by atoms with Gasteiger partial charge in [-0.25, -0.2) is 17.7 Å². The van der Waals surface area contributed by atoms with Crippen molar-refractivity contribution in [1.82, 2.24) is 19.9 Å². The van der Waals surface area contributed by atoms with Crippen LogP contribution in [0.15, 0.2) is 23.3 Å². The first kappa shape index (κ1) is 26.1. The number of aromatic nitrogens is 1. The fourth-order valence-corrected chi connectivity index (χ4v) is 5.21. The maximum Gasteiger partial charge on any atom is 0.213 e. The predicted molar refractivity (Wildman–Crippen MR) is 138 cm³/mol. The Morgan fingerprint density at radius 1 is 1.16 bits per heavy atom. The van der Waals surface area contributed by atoms with Gasteiger partial charge in [0.15, 0.2) is 5.96 Å². The second-order valence-corrected chi connectivity index (χ2v) is 10.3. The number of nitrogens with one attached hydrogen (secondary N) is 2. The van der Waals surface area contributed by atoms with Gasteiger partial charge in [-0.1, -0.05) is 12.8 Å². The van der Waals surface area contributed by atoms with Crippen molar-refractivity contribution in [3.05, 3.63) is 23.9 Å². The maximum atomic E-state index is 12.0. The summed E-state index contributed by atoms with van der Waals surface area (Å²) in [6.07, 6.45) is 8.55. The highest BCUT2D eigenvalue weighted by Crippen LogP contribution is 2.18. The van der Waals surface area contributed by atoms with Gasteiger partial charge < -0.3 is 15.5 Å². The monoisotopic (exact) mass is 564 g/mol. The molecule has 1 aromatic heterocycles.